The van der Waals surface area contributed by atoms with Crippen LogP contribution in [0.4, 0.5) is 13.2 Å². The molecule has 1 unspecified atom stereocenters. The molecule has 1 heterocycles. The third kappa shape index (κ3) is 3.73. The van der Waals surface area contributed by atoms with Gasteiger partial charge in [0.1, 0.15) is 6.42 Å². The number of rotatable bonds is 4. The average Bonchev–Trinajstić information content (AvgIpc) is 2.99. The van der Waals surface area contributed by atoms with E-state index in [1.165, 1.54) is 6.33 Å². The number of alkyl halides is 3. The van der Waals surface area contributed by atoms with Gasteiger partial charge in [-0.15, -0.1) is 0 Å². The molecular weight excluding hydrogens is 319 g/mol. The molecule has 0 aliphatic carbocycles. The van der Waals surface area contributed by atoms with Gasteiger partial charge in [-0.3, -0.25) is 4.79 Å². The summed E-state index contributed by atoms with van der Waals surface area (Å²) in [4.78, 5) is 18.8. The Morgan fingerprint density at radius 1 is 1.12 bits per heavy atom. The molecule has 0 saturated carbocycles. The summed E-state index contributed by atoms with van der Waals surface area (Å²) in [5, 5.41) is 2.47. The lowest BCUT2D eigenvalue weighted by Crippen LogP contribution is -2.32. The number of amides is 1. The van der Waals surface area contributed by atoms with Gasteiger partial charge in [0.25, 0.3) is 0 Å². The number of H-pyrrole nitrogens is 1. The molecule has 0 bridgehead atoms. The molecule has 1 aromatic heterocycles. The van der Waals surface area contributed by atoms with Crippen LogP contribution in [0.2, 0.25) is 0 Å². The predicted octanol–water partition coefficient (Wildman–Crippen LogP) is 3.72. The molecular formula is C17H14F3N3O. The molecule has 1 atom stereocenters. The van der Waals surface area contributed by atoms with E-state index >= 15 is 0 Å². The first-order valence-corrected chi connectivity index (χ1v) is 7.26. The monoisotopic (exact) mass is 333 g/mol. The van der Waals surface area contributed by atoms with Crippen molar-refractivity contribution < 1.29 is 18.0 Å². The van der Waals surface area contributed by atoms with E-state index < -0.39 is 24.5 Å². The first-order valence-electron chi connectivity index (χ1n) is 7.26. The SMILES string of the molecule is O=C(CC(F)(F)F)NC(c1ccccc1)c1ccc2nc[nH]c2c1. The molecule has 124 valence electrons. The standard InChI is InChI=1S/C17H14F3N3O/c18-17(19,20)9-15(24)23-16(11-4-2-1-3-5-11)12-6-7-13-14(8-12)22-10-21-13/h1-8,10,16H,9H2,(H,21,22)(H,23,24). The Hall–Kier alpha value is -2.83. The van der Waals surface area contributed by atoms with Gasteiger partial charge in [0, 0.05) is 0 Å². The van der Waals surface area contributed by atoms with Crippen LogP contribution in [0.25, 0.3) is 11.0 Å². The minimum Gasteiger partial charge on any atom is -0.345 e. The van der Waals surface area contributed by atoms with Crippen molar-refractivity contribution >= 4 is 16.9 Å². The summed E-state index contributed by atoms with van der Waals surface area (Å²) in [5.41, 5.74) is 2.87. The normalized spacial score (nSPS) is 13.0. The molecule has 0 saturated heterocycles. The molecule has 2 N–H and O–H groups in total. The molecule has 7 heteroatoms. The number of aromatic amines is 1. The van der Waals surface area contributed by atoms with Crippen LogP contribution in [-0.4, -0.2) is 22.1 Å². The third-order valence-corrected chi connectivity index (χ3v) is 3.58. The highest BCUT2D eigenvalue weighted by Crippen LogP contribution is 2.26. The highest BCUT2D eigenvalue weighted by atomic mass is 19.4. The highest BCUT2D eigenvalue weighted by Gasteiger charge is 2.32. The number of carbonyl (C=O) groups excluding carboxylic acids is 1. The van der Waals surface area contributed by atoms with E-state index in [2.05, 4.69) is 15.3 Å². The lowest BCUT2D eigenvalue weighted by Gasteiger charge is -2.20. The van der Waals surface area contributed by atoms with Crippen LogP contribution in [0.15, 0.2) is 54.9 Å². The maximum absolute atomic E-state index is 12.5. The van der Waals surface area contributed by atoms with E-state index in [4.69, 9.17) is 0 Å². The lowest BCUT2D eigenvalue weighted by atomic mass is 9.98. The number of halogens is 3. The molecule has 1 amide bonds. The van der Waals surface area contributed by atoms with Crippen molar-refractivity contribution in [3.63, 3.8) is 0 Å². The minimum atomic E-state index is -4.54. The maximum Gasteiger partial charge on any atom is 0.397 e. The van der Waals surface area contributed by atoms with Crippen LogP contribution >= 0.6 is 0 Å². The average molecular weight is 333 g/mol. The van der Waals surface area contributed by atoms with Crippen LogP contribution in [0.5, 0.6) is 0 Å². The molecule has 4 nitrogen and oxygen atoms in total. The maximum atomic E-state index is 12.5. The summed E-state index contributed by atoms with van der Waals surface area (Å²) >= 11 is 0. The van der Waals surface area contributed by atoms with Crippen LogP contribution in [-0.2, 0) is 4.79 Å². The molecule has 24 heavy (non-hydrogen) atoms. The summed E-state index contributed by atoms with van der Waals surface area (Å²) in [6.45, 7) is 0. The van der Waals surface area contributed by atoms with Crippen molar-refractivity contribution in [1.82, 2.24) is 15.3 Å². The molecule has 2 aromatic carbocycles. The fraction of sp³-hybridized carbons (Fsp3) is 0.176. The van der Waals surface area contributed by atoms with Crippen LogP contribution in [0.1, 0.15) is 23.6 Å². The van der Waals surface area contributed by atoms with Gasteiger partial charge in [0.2, 0.25) is 5.91 Å². The fourth-order valence-corrected chi connectivity index (χ4v) is 2.53. The van der Waals surface area contributed by atoms with E-state index in [1.54, 1.807) is 48.5 Å². The van der Waals surface area contributed by atoms with Gasteiger partial charge in [-0.05, 0) is 23.3 Å². The van der Waals surface area contributed by atoms with Gasteiger partial charge >= 0.3 is 6.18 Å². The second-order valence-corrected chi connectivity index (χ2v) is 5.38. The minimum absolute atomic E-state index is 0.672. The van der Waals surface area contributed by atoms with Crippen LogP contribution in [0.3, 0.4) is 0 Å². The largest absolute Gasteiger partial charge is 0.397 e. The van der Waals surface area contributed by atoms with E-state index in [0.717, 1.165) is 11.0 Å². The number of nitrogens with one attached hydrogen (secondary N) is 2. The van der Waals surface area contributed by atoms with Crippen LogP contribution in [0, 0.1) is 0 Å². The van der Waals surface area contributed by atoms with Crippen molar-refractivity contribution in [3.8, 4) is 0 Å². The summed E-state index contributed by atoms with van der Waals surface area (Å²) in [6.07, 6.45) is -4.52. The first kappa shape index (κ1) is 16.0. The Bertz CT molecular complexity index is 843. The number of carbonyl (C=O) groups is 1. The Balaban J connectivity index is 1.94. The number of aromatic nitrogens is 2. The van der Waals surface area contributed by atoms with Gasteiger partial charge in [-0.2, -0.15) is 13.2 Å². The number of hydrogen-bond acceptors (Lipinski definition) is 2. The molecule has 3 rings (SSSR count). The second kappa shape index (κ2) is 6.35. The molecule has 0 aliphatic rings. The van der Waals surface area contributed by atoms with E-state index in [1.807, 2.05) is 0 Å². The predicted molar refractivity (Wildman–Crippen MR) is 83.2 cm³/mol. The Kier molecular flexibility index (Phi) is 4.24. The smallest absolute Gasteiger partial charge is 0.345 e. The summed E-state index contributed by atoms with van der Waals surface area (Å²) < 4.78 is 37.4. The fourth-order valence-electron chi connectivity index (χ4n) is 2.53. The summed E-state index contributed by atoms with van der Waals surface area (Å²) in [7, 11) is 0. The highest BCUT2D eigenvalue weighted by molar-refractivity contribution is 5.79. The number of nitrogens with zero attached hydrogens (tertiary/aromatic N) is 1. The second-order valence-electron chi connectivity index (χ2n) is 5.38. The van der Waals surface area contributed by atoms with Crippen molar-refractivity contribution in [1.29, 1.82) is 0 Å². The zero-order valence-electron chi connectivity index (χ0n) is 12.5. The summed E-state index contributed by atoms with van der Waals surface area (Å²) in [6, 6.07) is 13.5. The van der Waals surface area contributed by atoms with Crippen molar-refractivity contribution in [2.45, 2.75) is 18.6 Å². The zero-order chi connectivity index (χ0) is 17.2. The van der Waals surface area contributed by atoms with Gasteiger partial charge in [0.15, 0.2) is 0 Å². The first-order chi connectivity index (χ1) is 11.4. The molecule has 0 fully saturated rings. The molecule has 3 aromatic rings. The molecule has 0 aliphatic heterocycles. The van der Waals surface area contributed by atoms with Gasteiger partial charge < -0.3 is 10.3 Å². The van der Waals surface area contributed by atoms with Crippen molar-refractivity contribution in [2.24, 2.45) is 0 Å². The topological polar surface area (TPSA) is 57.8 Å². The number of hydrogen-bond donors (Lipinski definition) is 2. The Morgan fingerprint density at radius 3 is 2.58 bits per heavy atom. The zero-order valence-corrected chi connectivity index (χ0v) is 12.5. The van der Waals surface area contributed by atoms with Gasteiger partial charge in [0.05, 0.1) is 23.4 Å². The third-order valence-electron chi connectivity index (χ3n) is 3.58. The van der Waals surface area contributed by atoms with Gasteiger partial charge in [-0.25, -0.2) is 4.98 Å². The van der Waals surface area contributed by atoms with Crippen LogP contribution < -0.4 is 5.32 Å². The van der Waals surface area contributed by atoms with Gasteiger partial charge in [-0.1, -0.05) is 36.4 Å². The Morgan fingerprint density at radius 2 is 1.88 bits per heavy atom. The van der Waals surface area contributed by atoms with Crippen molar-refractivity contribution in [2.75, 3.05) is 0 Å². The number of fused-ring (bicyclic) bond motifs is 1. The van der Waals surface area contributed by atoms with E-state index in [0.29, 0.717) is 11.1 Å². The Labute approximate surface area is 135 Å². The van der Waals surface area contributed by atoms with E-state index in [-0.39, 0.29) is 0 Å². The van der Waals surface area contributed by atoms with Crippen molar-refractivity contribution in [3.05, 3.63) is 66.0 Å². The quantitative estimate of drug-likeness (QED) is 0.764. The molecule has 0 radical (unpaired) electrons. The number of imidazole rings is 1. The lowest BCUT2D eigenvalue weighted by molar-refractivity contribution is -0.154. The molecule has 0 spiro atoms. The van der Waals surface area contributed by atoms with E-state index in [9.17, 15) is 18.0 Å². The summed E-state index contributed by atoms with van der Waals surface area (Å²) in [5.74, 6) is -1.07. The number of benzene rings is 2.